The zero-order valence-corrected chi connectivity index (χ0v) is 12.9. The molecule has 7 heteroatoms. The van der Waals surface area contributed by atoms with Gasteiger partial charge < -0.3 is 5.32 Å². The molecule has 21 heavy (non-hydrogen) atoms. The highest BCUT2D eigenvalue weighted by Gasteiger charge is 2.22. The summed E-state index contributed by atoms with van der Waals surface area (Å²) in [7, 11) is 0. The fourth-order valence-corrected chi connectivity index (χ4v) is 2.42. The Hall–Kier alpha value is -1.69. The van der Waals surface area contributed by atoms with Crippen molar-refractivity contribution in [1.82, 2.24) is 5.32 Å². The molecule has 0 aromatic heterocycles. The van der Waals surface area contributed by atoms with Crippen LogP contribution < -0.4 is 5.32 Å². The molecule has 1 rings (SSSR count). The van der Waals surface area contributed by atoms with Gasteiger partial charge in [0.25, 0.3) is 11.6 Å². The number of amides is 1. The molecule has 0 heterocycles. The number of halogens is 2. The van der Waals surface area contributed by atoms with E-state index >= 15 is 0 Å². The lowest BCUT2D eigenvalue weighted by Gasteiger charge is -2.21. The molecule has 1 N–H and O–H groups in total. The number of benzene rings is 1. The van der Waals surface area contributed by atoms with Crippen LogP contribution in [0.15, 0.2) is 18.2 Å². The Morgan fingerprint density at radius 2 is 2.10 bits per heavy atom. The summed E-state index contributed by atoms with van der Waals surface area (Å²) in [5.74, 6) is -1.40. The predicted octanol–water partition coefficient (Wildman–Crippen LogP) is 3.51. The second kappa shape index (κ2) is 6.85. The van der Waals surface area contributed by atoms with E-state index < -0.39 is 22.3 Å². The summed E-state index contributed by atoms with van der Waals surface area (Å²) < 4.78 is 13.0. The molecular formula is C14H18ClFN2O3. The summed E-state index contributed by atoms with van der Waals surface area (Å²) in [5, 5.41) is 13.1. The maximum Gasteiger partial charge on any atom is 0.285 e. The lowest BCUT2D eigenvalue weighted by atomic mass is 9.90. The zero-order chi connectivity index (χ0) is 16.2. The Labute approximate surface area is 127 Å². The van der Waals surface area contributed by atoms with Crippen LogP contribution in [0.2, 0.25) is 0 Å². The molecule has 1 amide bonds. The first kappa shape index (κ1) is 17.4. The summed E-state index contributed by atoms with van der Waals surface area (Å²) in [5.41, 5.74) is -0.727. The van der Waals surface area contributed by atoms with Gasteiger partial charge in [-0.15, -0.1) is 11.6 Å². The highest BCUT2D eigenvalue weighted by Crippen LogP contribution is 2.23. The molecule has 0 aliphatic heterocycles. The van der Waals surface area contributed by atoms with Crippen LogP contribution in [-0.2, 0) is 0 Å². The van der Waals surface area contributed by atoms with Crippen molar-refractivity contribution >= 4 is 23.2 Å². The van der Waals surface area contributed by atoms with Crippen LogP contribution in [0.4, 0.5) is 10.1 Å². The standard InChI is InChI=1S/C14H18ClFN2O3/c1-14(2,3)7-9(15)8-17-13(19)11-5-4-10(16)6-12(11)18(20)21/h4-6,9H,7-8H2,1-3H3,(H,17,19). The number of hydrogen-bond donors (Lipinski definition) is 1. The van der Waals surface area contributed by atoms with Gasteiger partial charge in [0.2, 0.25) is 0 Å². The van der Waals surface area contributed by atoms with Gasteiger partial charge in [0.05, 0.1) is 16.4 Å². The van der Waals surface area contributed by atoms with Gasteiger partial charge in [0.15, 0.2) is 0 Å². The van der Waals surface area contributed by atoms with Crippen molar-refractivity contribution in [3.8, 4) is 0 Å². The average Bonchev–Trinajstić information content (AvgIpc) is 2.33. The van der Waals surface area contributed by atoms with E-state index in [0.717, 1.165) is 18.2 Å². The quantitative estimate of drug-likeness (QED) is 0.513. The maximum absolute atomic E-state index is 13.0. The molecule has 0 bridgehead atoms. The molecular weight excluding hydrogens is 299 g/mol. The van der Waals surface area contributed by atoms with Crippen molar-refractivity contribution in [2.45, 2.75) is 32.6 Å². The largest absolute Gasteiger partial charge is 0.350 e. The average molecular weight is 317 g/mol. The zero-order valence-electron chi connectivity index (χ0n) is 12.2. The smallest absolute Gasteiger partial charge is 0.285 e. The molecule has 0 radical (unpaired) electrons. The van der Waals surface area contributed by atoms with Gasteiger partial charge in [0.1, 0.15) is 11.4 Å². The first-order valence-electron chi connectivity index (χ1n) is 6.46. The number of carbonyl (C=O) groups excluding carboxylic acids is 1. The number of hydrogen-bond acceptors (Lipinski definition) is 3. The van der Waals surface area contributed by atoms with Gasteiger partial charge in [-0.25, -0.2) is 4.39 Å². The summed E-state index contributed by atoms with van der Waals surface area (Å²) in [4.78, 5) is 22.0. The highest BCUT2D eigenvalue weighted by molar-refractivity contribution is 6.21. The van der Waals surface area contributed by atoms with Crippen molar-refractivity contribution in [3.05, 3.63) is 39.7 Å². The van der Waals surface area contributed by atoms with Crippen LogP contribution in [0.5, 0.6) is 0 Å². The van der Waals surface area contributed by atoms with Crippen LogP contribution in [0.1, 0.15) is 37.6 Å². The highest BCUT2D eigenvalue weighted by atomic mass is 35.5. The van der Waals surface area contributed by atoms with Crippen molar-refractivity contribution in [2.75, 3.05) is 6.54 Å². The van der Waals surface area contributed by atoms with Crippen molar-refractivity contribution in [2.24, 2.45) is 5.41 Å². The molecule has 0 saturated carbocycles. The first-order chi connectivity index (χ1) is 9.60. The number of rotatable bonds is 5. The topological polar surface area (TPSA) is 72.2 Å². The van der Waals surface area contributed by atoms with Crippen molar-refractivity contribution in [3.63, 3.8) is 0 Å². The summed E-state index contributed by atoms with van der Waals surface area (Å²) >= 11 is 6.12. The van der Waals surface area contributed by atoms with E-state index in [-0.39, 0.29) is 22.9 Å². The van der Waals surface area contributed by atoms with E-state index in [1.807, 2.05) is 20.8 Å². The monoisotopic (exact) mass is 316 g/mol. The van der Waals surface area contributed by atoms with E-state index in [1.54, 1.807) is 0 Å². The van der Waals surface area contributed by atoms with Gasteiger partial charge in [-0.3, -0.25) is 14.9 Å². The predicted molar refractivity (Wildman–Crippen MR) is 79.1 cm³/mol. The van der Waals surface area contributed by atoms with Crippen LogP contribution in [0.3, 0.4) is 0 Å². The third-order valence-corrected chi connectivity index (χ3v) is 3.03. The lowest BCUT2D eigenvalue weighted by Crippen LogP contribution is -2.32. The first-order valence-corrected chi connectivity index (χ1v) is 6.90. The van der Waals surface area contributed by atoms with Gasteiger partial charge in [-0.05, 0) is 24.0 Å². The fourth-order valence-electron chi connectivity index (χ4n) is 1.88. The minimum absolute atomic E-state index is 0.0129. The Balaban J connectivity index is 2.75. The summed E-state index contributed by atoms with van der Waals surface area (Å²) in [6, 6.07) is 2.83. The molecule has 1 atom stereocenters. The van der Waals surface area contributed by atoms with Crippen LogP contribution in [0, 0.1) is 21.3 Å². The van der Waals surface area contributed by atoms with Crippen molar-refractivity contribution < 1.29 is 14.1 Å². The van der Waals surface area contributed by atoms with Gasteiger partial charge in [0, 0.05) is 6.54 Å². The maximum atomic E-state index is 13.0. The lowest BCUT2D eigenvalue weighted by molar-refractivity contribution is -0.385. The molecule has 5 nitrogen and oxygen atoms in total. The van der Waals surface area contributed by atoms with Gasteiger partial charge in [-0.2, -0.15) is 0 Å². The third-order valence-electron chi connectivity index (χ3n) is 2.72. The van der Waals surface area contributed by atoms with E-state index in [0.29, 0.717) is 6.42 Å². The second-order valence-electron chi connectivity index (χ2n) is 5.99. The Morgan fingerprint density at radius 3 is 2.62 bits per heavy atom. The number of nitro groups is 1. The van der Waals surface area contributed by atoms with Crippen LogP contribution >= 0.6 is 11.6 Å². The molecule has 1 aromatic carbocycles. The van der Waals surface area contributed by atoms with Gasteiger partial charge >= 0.3 is 0 Å². The Bertz CT molecular complexity index is 544. The summed E-state index contributed by atoms with van der Waals surface area (Å²) in [6.45, 7) is 6.26. The van der Waals surface area contributed by atoms with Gasteiger partial charge in [-0.1, -0.05) is 20.8 Å². The fraction of sp³-hybridized carbons (Fsp3) is 0.500. The van der Waals surface area contributed by atoms with Crippen LogP contribution in [0.25, 0.3) is 0 Å². The molecule has 0 spiro atoms. The molecule has 116 valence electrons. The van der Waals surface area contributed by atoms with Crippen LogP contribution in [-0.4, -0.2) is 22.8 Å². The number of nitro benzene ring substituents is 1. The number of nitrogens with one attached hydrogen (secondary N) is 1. The number of carbonyl (C=O) groups is 1. The molecule has 1 aromatic rings. The van der Waals surface area contributed by atoms with E-state index in [9.17, 15) is 19.3 Å². The molecule has 0 saturated heterocycles. The van der Waals surface area contributed by atoms with E-state index in [2.05, 4.69) is 5.32 Å². The molecule has 0 aliphatic rings. The SMILES string of the molecule is CC(C)(C)CC(Cl)CNC(=O)c1ccc(F)cc1[N+](=O)[O-]. The Morgan fingerprint density at radius 1 is 1.48 bits per heavy atom. The minimum Gasteiger partial charge on any atom is -0.350 e. The molecule has 0 aliphatic carbocycles. The number of alkyl halides is 1. The van der Waals surface area contributed by atoms with E-state index in [4.69, 9.17) is 11.6 Å². The number of nitrogens with zero attached hydrogens (tertiary/aromatic N) is 1. The van der Waals surface area contributed by atoms with E-state index in [1.165, 1.54) is 0 Å². The molecule has 1 unspecified atom stereocenters. The van der Waals surface area contributed by atoms with Crippen molar-refractivity contribution in [1.29, 1.82) is 0 Å². The third kappa shape index (κ3) is 5.67. The summed E-state index contributed by atoms with van der Waals surface area (Å²) in [6.07, 6.45) is 0.681. The Kier molecular flexibility index (Phi) is 5.66. The molecule has 0 fully saturated rings. The normalized spacial score (nSPS) is 12.8. The minimum atomic E-state index is -0.786. The second-order valence-corrected chi connectivity index (χ2v) is 6.61.